The van der Waals surface area contributed by atoms with Crippen molar-refractivity contribution in [2.45, 2.75) is 6.54 Å². The van der Waals surface area contributed by atoms with Gasteiger partial charge in [0.25, 0.3) is 11.1 Å². The quantitative estimate of drug-likeness (QED) is 0.629. The summed E-state index contributed by atoms with van der Waals surface area (Å²) in [5.74, 6) is -1.77. The van der Waals surface area contributed by atoms with Crippen LogP contribution in [0.4, 0.5) is 19.3 Å². The van der Waals surface area contributed by atoms with Gasteiger partial charge in [0.1, 0.15) is 11.6 Å². The Balaban J connectivity index is 1.83. The molecule has 0 aliphatic carbocycles. The van der Waals surface area contributed by atoms with E-state index in [9.17, 15) is 18.4 Å². The van der Waals surface area contributed by atoms with Gasteiger partial charge < -0.3 is 4.57 Å². The van der Waals surface area contributed by atoms with Gasteiger partial charge in [0.15, 0.2) is 0 Å². The fourth-order valence-electron chi connectivity index (χ4n) is 3.05. The number of benzene rings is 2. The predicted octanol–water partition coefficient (Wildman–Crippen LogP) is 4.68. The van der Waals surface area contributed by atoms with Crippen LogP contribution in [0.3, 0.4) is 0 Å². The third kappa shape index (κ3) is 2.70. The Kier molecular flexibility index (Phi) is 3.88. The second-order valence-electron chi connectivity index (χ2n) is 5.87. The van der Waals surface area contributed by atoms with Crippen LogP contribution in [0.25, 0.3) is 10.9 Å². The van der Waals surface area contributed by atoms with Gasteiger partial charge >= 0.3 is 0 Å². The Bertz CT molecular complexity index is 1070. The number of imide groups is 1. The Morgan fingerprint density at radius 3 is 2.38 bits per heavy atom. The minimum atomic E-state index is -0.658. The van der Waals surface area contributed by atoms with Crippen molar-refractivity contribution in [1.29, 1.82) is 0 Å². The van der Waals surface area contributed by atoms with Crippen molar-refractivity contribution in [3.63, 3.8) is 0 Å². The van der Waals surface area contributed by atoms with Gasteiger partial charge in [0.05, 0.1) is 16.1 Å². The number of aromatic nitrogens is 1. The molecular formula is C19H12F2N2O2S. The average molecular weight is 370 g/mol. The SMILES string of the molecule is C=C1SC(=O)N(c2cn(Cc3cc(F)cc(F)c3)c3ccccc23)C1=O. The standard InChI is InChI=1S/C19H12F2N2O2S/c1-11-18(24)23(19(25)26-11)17-10-22(16-5-3-2-4-15(16)17)9-12-6-13(20)8-14(21)7-12/h2-8,10H,1,9H2. The molecule has 0 atom stereocenters. The van der Waals surface area contributed by atoms with Gasteiger partial charge in [-0.25, -0.2) is 13.7 Å². The second-order valence-corrected chi connectivity index (χ2v) is 6.91. The molecule has 1 fully saturated rings. The molecule has 7 heteroatoms. The van der Waals surface area contributed by atoms with Crippen LogP contribution in [0.1, 0.15) is 5.56 Å². The summed E-state index contributed by atoms with van der Waals surface area (Å²) >= 11 is 0.792. The first-order valence-corrected chi connectivity index (χ1v) is 8.53. The maximum absolute atomic E-state index is 13.5. The molecule has 1 aromatic heterocycles. The van der Waals surface area contributed by atoms with E-state index < -0.39 is 22.8 Å². The van der Waals surface area contributed by atoms with Crippen molar-refractivity contribution < 1.29 is 18.4 Å². The Labute approximate surface area is 151 Å². The van der Waals surface area contributed by atoms with Crippen LogP contribution in [0.5, 0.6) is 0 Å². The van der Waals surface area contributed by atoms with Crippen LogP contribution in [0, 0.1) is 11.6 Å². The number of fused-ring (bicyclic) bond motifs is 1. The molecular weight excluding hydrogens is 358 g/mol. The Hall–Kier alpha value is -2.93. The van der Waals surface area contributed by atoms with Crippen molar-refractivity contribution >= 4 is 39.5 Å². The summed E-state index contributed by atoms with van der Waals surface area (Å²) < 4.78 is 28.7. The molecule has 2 amide bonds. The van der Waals surface area contributed by atoms with E-state index in [1.807, 2.05) is 12.1 Å². The van der Waals surface area contributed by atoms with Crippen molar-refractivity contribution in [2.75, 3.05) is 4.90 Å². The van der Waals surface area contributed by atoms with E-state index in [0.29, 0.717) is 16.6 Å². The highest BCUT2D eigenvalue weighted by Gasteiger charge is 2.36. The Morgan fingerprint density at radius 2 is 1.73 bits per heavy atom. The van der Waals surface area contributed by atoms with Crippen molar-refractivity contribution in [3.05, 3.63) is 77.3 Å². The van der Waals surface area contributed by atoms with E-state index >= 15 is 0 Å². The minimum Gasteiger partial charge on any atom is -0.341 e. The van der Waals surface area contributed by atoms with Gasteiger partial charge in [-0.15, -0.1) is 0 Å². The highest BCUT2D eigenvalue weighted by atomic mass is 32.2. The number of anilines is 1. The lowest BCUT2D eigenvalue weighted by Crippen LogP contribution is -2.27. The van der Waals surface area contributed by atoms with Crippen LogP contribution in [0.15, 0.2) is 60.1 Å². The number of rotatable bonds is 3. The number of thioether (sulfide) groups is 1. The van der Waals surface area contributed by atoms with Gasteiger partial charge in [0.2, 0.25) is 0 Å². The fourth-order valence-corrected chi connectivity index (χ4v) is 3.71. The first kappa shape index (κ1) is 16.5. The number of halogens is 2. The molecule has 0 bridgehead atoms. The van der Waals surface area contributed by atoms with E-state index in [4.69, 9.17) is 0 Å². The smallest absolute Gasteiger partial charge is 0.298 e. The first-order chi connectivity index (χ1) is 12.4. The molecule has 4 rings (SSSR count). The van der Waals surface area contributed by atoms with Gasteiger partial charge in [-0.3, -0.25) is 9.59 Å². The number of nitrogens with zero attached hydrogens (tertiary/aromatic N) is 2. The number of hydrogen-bond acceptors (Lipinski definition) is 3. The molecule has 0 N–H and O–H groups in total. The van der Waals surface area contributed by atoms with Crippen LogP contribution in [-0.4, -0.2) is 15.7 Å². The van der Waals surface area contributed by atoms with Gasteiger partial charge in [-0.1, -0.05) is 24.8 Å². The summed E-state index contributed by atoms with van der Waals surface area (Å²) in [5, 5.41) is 0.279. The zero-order valence-corrected chi connectivity index (χ0v) is 14.2. The van der Waals surface area contributed by atoms with Crippen LogP contribution in [0.2, 0.25) is 0 Å². The highest BCUT2D eigenvalue weighted by Crippen LogP contribution is 2.38. The van der Waals surface area contributed by atoms with Gasteiger partial charge in [-0.2, -0.15) is 0 Å². The molecule has 2 aromatic carbocycles. The Morgan fingerprint density at radius 1 is 1.04 bits per heavy atom. The van der Waals surface area contributed by atoms with Crippen LogP contribution in [-0.2, 0) is 11.3 Å². The van der Waals surface area contributed by atoms with E-state index in [0.717, 1.165) is 28.2 Å². The number of hydrogen-bond donors (Lipinski definition) is 0. The topological polar surface area (TPSA) is 42.3 Å². The first-order valence-electron chi connectivity index (χ1n) is 7.72. The minimum absolute atomic E-state index is 0.166. The summed E-state index contributed by atoms with van der Waals surface area (Å²) in [5.41, 5.74) is 1.61. The summed E-state index contributed by atoms with van der Waals surface area (Å²) in [6.45, 7) is 3.79. The highest BCUT2D eigenvalue weighted by molar-refractivity contribution is 8.18. The lowest BCUT2D eigenvalue weighted by Gasteiger charge is -2.10. The zero-order chi connectivity index (χ0) is 18.4. The lowest BCUT2D eigenvalue weighted by atomic mass is 10.2. The lowest BCUT2D eigenvalue weighted by molar-refractivity contribution is -0.113. The molecule has 3 aromatic rings. The van der Waals surface area contributed by atoms with E-state index in [1.165, 1.54) is 12.1 Å². The predicted molar refractivity (Wildman–Crippen MR) is 97.0 cm³/mol. The third-order valence-corrected chi connectivity index (χ3v) is 4.90. The van der Waals surface area contributed by atoms with E-state index in [-0.39, 0.29) is 11.4 Å². The summed E-state index contributed by atoms with van der Waals surface area (Å²) in [6, 6.07) is 10.5. The maximum atomic E-state index is 13.5. The molecule has 1 aliphatic rings. The van der Waals surface area contributed by atoms with Crippen molar-refractivity contribution in [2.24, 2.45) is 0 Å². The maximum Gasteiger partial charge on any atom is 0.298 e. The number of carbonyl (C=O) groups excluding carboxylic acids is 2. The van der Waals surface area contributed by atoms with Crippen molar-refractivity contribution in [1.82, 2.24) is 4.57 Å². The molecule has 130 valence electrons. The largest absolute Gasteiger partial charge is 0.341 e. The van der Waals surface area contributed by atoms with Crippen molar-refractivity contribution in [3.8, 4) is 0 Å². The number of amides is 2. The number of para-hydroxylation sites is 1. The summed E-state index contributed by atoms with van der Waals surface area (Å²) in [7, 11) is 0. The van der Waals surface area contributed by atoms with E-state index in [2.05, 4.69) is 6.58 Å². The monoisotopic (exact) mass is 370 g/mol. The molecule has 0 spiro atoms. The fraction of sp³-hybridized carbons (Fsp3) is 0.0526. The van der Waals surface area contributed by atoms with Crippen LogP contribution >= 0.6 is 11.8 Å². The van der Waals surface area contributed by atoms with Gasteiger partial charge in [0, 0.05) is 24.2 Å². The third-order valence-electron chi connectivity index (χ3n) is 4.12. The normalized spacial score (nSPS) is 14.7. The molecule has 1 aliphatic heterocycles. The van der Waals surface area contributed by atoms with Crippen LogP contribution < -0.4 is 4.90 Å². The molecule has 26 heavy (non-hydrogen) atoms. The molecule has 4 nitrogen and oxygen atoms in total. The van der Waals surface area contributed by atoms with E-state index in [1.54, 1.807) is 22.9 Å². The zero-order valence-electron chi connectivity index (χ0n) is 13.4. The molecule has 0 unspecified atom stereocenters. The summed E-state index contributed by atoms with van der Waals surface area (Å²) in [6.07, 6.45) is 1.64. The molecule has 0 radical (unpaired) electrons. The molecule has 1 saturated heterocycles. The molecule has 0 saturated carbocycles. The van der Waals surface area contributed by atoms with Gasteiger partial charge in [-0.05, 0) is 35.5 Å². The summed E-state index contributed by atoms with van der Waals surface area (Å²) in [4.78, 5) is 25.7. The molecule has 2 heterocycles. The second kappa shape index (κ2) is 6.10. The number of carbonyl (C=O) groups is 2. The average Bonchev–Trinajstić information content (AvgIpc) is 3.04.